The van der Waals surface area contributed by atoms with Crippen molar-refractivity contribution >= 4 is 92.9 Å². The summed E-state index contributed by atoms with van der Waals surface area (Å²) < 4.78 is 42.2. The molecule has 0 spiro atoms. The smallest absolute Gasteiger partial charge is 0.234 e. The van der Waals surface area contributed by atoms with Crippen LogP contribution in [-0.4, -0.2) is 18.3 Å². The fraction of sp³-hybridized carbons (Fsp3) is 0. The van der Waals surface area contributed by atoms with Crippen molar-refractivity contribution in [3.8, 4) is 33.9 Å². The molecule has 14 aromatic rings. The molecule has 0 fully saturated rings. The summed E-state index contributed by atoms with van der Waals surface area (Å²) >= 11 is 0. The van der Waals surface area contributed by atoms with Crippen molar-refractivity contribution in [3.05, 3.63) is 235 Å². The number of aromatic nitrogens is 4. The molecule has 0 aliphatic heterocycles. The minimum absolute atomic E-state index is 0.200. The molecule has 0 saturated carbocycles. The zero-order valence-corrected chi connectivity index (χ0v) is 36.2. The van der Waals surface area contributed by atoms with Crippen molar-refractivity contribution in [1.82, 2.24) is 18.3 Å². The van der Waals surface area contributed by atoms with Crippen LogP contribution < -0.4 is 0 Å². The van der Waals surface area contributed by atoms with Gasteiger partial charge in [0.2, 0.25) is 5.69 Å². The summed E-state index contributed by atoms with van der Waals surface area (Å²) in [6.45, 7) is 9.38. The van der Waals surface area contributed by atoms with E-state index in [0.29, 0.717) is 11.4 Å². The number of benzene rings is 10. The van der Waals surface area contributed by atoms with Crippen LogP contribution in [0.25, 0.3) is 126 Å². The largest absolute Gasteiger partial charge is 0.317 e. The van der Waals surface area contributed by atoms with Crippen molar-refractivity contribution in [1.29, 1.82) is 0 Å². The molecule has 0 radical (unpaired) electrons. The van der Waals surface area contributed by atoms with Crippen LogP contribution in [0.15, 0.2) is 212 Å². The van der Waals surface area contributed by atoms with Gasteiger partial charge in [0.25, 0.3) is 0 Å². The molecule has 0 aliphatic carbocycles. The lowest BCUT2D eigenvalue weighted by atomic mass is 9.99. The summed E-state index contributed by atoms with van der Waals surface area (Å²) in [6.07, 6.45) is 0. The predicted octanol–water partition coefficient (Wildman–Crippen LogP) is 16.6. The van der Waals surface area contributed by atoms with Crippen molar-refractivity contribution in [2.75, 3.05) is 0 Å². The second-order valence-corrected chi connectivity index (χ2v) is 17.3. The van der Waals surface area contributed by atoms with E-state index >= 15 is 8.78 Å². The maximum absolute atomic E-state index is 16.6. The molecule has 318 valence electrons. The molecule has 0 saturated heterocycles. The van der Waals surface area contributed by atoms with Gasteiger partial charge in [-0.15, -0.1) is 0 Å². The van der Waals surface area contributed by atoms with Crippen LogP contribution in [0.3, 0.4) is 0 Å². The second-order valence-electron chi connectivity index (χ2n) is 17.3. The number of para-hydroxylation sites is 6. The lowest BCUT2D eigenvalue weighted by molar-refractivity contribution is 0.589. The Morgan fingerprint density at radius 1 is 0.324 bits per heavy atom. The van der Waals surface area contributed by atoms with Crippen LogP contribution >= 0.6 is 0 Å². The van der Waals surface area contributed by atoms with Gasteiger partial charge < -0.3 is 18.3 Å². The molecule has 4 heterocycles. The summed E-state index contributed by atoms with van der Waals surface area (Å²) in [5.74, 6) is -1.43. The third-order valence-electron chi connectivity index (χ3n) is 13.9. The Morgan fingerprint density at radius 3 is 1.13 bits per heavy atom. The second kappa shape index (κ2) is 14.4. The molecular formula is C61H35F2N5. The van der Waals surface area contributed by atoms with Gasteiger partial charge in [0, 0.05) is 60.0 Å². The van der Waals surface area contributed by atoms with E-state index in [1.807, 2.05) is 72.8 Å². The van der Waals surface area contributed by atoms with Gasteiger partial charge in [-0.3, -0.25) is 0 Å². The van der Waals surface area contributed by atoms with Crippen LogP contribution in [-0.2, 0) is 0 Å². The highest BCUT2D eigenvalue weighted by atomic mass is 19.1. The monoisotopic (exact) mass is 875 g/mol. The van der Waals surface area contributed by atoms with Crippen molar-refractivity contribution in [2.45, 2.75) is 0 Å². The van der Waals surface area contributed by atoms with E-state index < -0.39 is 11.6 Å². The van der Waals surface area contributed by atoms with Gasteiger partial charge in [-0.1, -0.05) is 146 Å². The molecule has 14 rings (SSSR count). The van der Waals surface area contributed by atoms with E-state index in [1.54, 1.807) is 0 Å². The molecule has 0 amide bonds. The first kappa shape index (κ1) is 38.1. The normalized spacial score (nSPS) is 12.0. The minimum atomic E-state index is -0.717. The zero-order chi connectivity index (χ0) is 45.2. The van der Waals surface area contributed by atoms with Gasteiger partial charge in [0.05, 0.1) is 67.6 Å². The SMILES string of the molecule is [C-]#[N+]c1c(-n2c3ccccc3c3ccc4c5ccccc5n(-c5ccccc5)c4c32)ccc(-c2c(F)cccc2F)c1-n1c2ccccc2c2ccc3c4ccccc4n(-c4ccccc4)c3c21. The first-order chi connectivity index (χ1) is 33.6. The topological polar surface area (TPSA) is 24.1 Å². The van der Waals surface area contributed by atoms with Crippen molar-refractivity contribution in [3.63, 3.8) is 0 Å². The number of nitrogens with zero attached hydrogens (tertiary/aromatic N) is 5. The summed E-state index contributed by atoms with van der Waals surface area (Å²) in [5.41, 5.74) is 10.6. The zero-order valence-electron chi connectivity index (χ0n) is 36.2. The average Bonchev–Trinajstić information content (AvgIpc) is 4.12. The Labute approximate surface area is 387 Å². The first-order valence-corrected chi connectivity index (χ1v) is 22.6. The van der Waals surface area contributed by atoms with Gasteiger partial charge in [0.1, 0.15) is 11.6 Å². The fourth-order valence-corrected chi connectivity index (χ4v) is 11.2. The molecule has 4 aromatic heterocycles. The molecular weight excluding hydrogens is 841 g/mol. The third kappa shape index (κ3) is 5.11. The highest BCUT2D eigenvalue weighted by Gasteiger charge is 2.30. The molecule has 5 nitrogen and oxygen atoms in total. The van der Waals surface area contributed by atoms with Crippen LogP contribution in [0, 0.1) is 18.2 Å². The molecule has 0 aliphatic rings. The van der Waals surface area contributed by atoms with Crippen LogP contribution in [0.5, 0.6) is 0 Å². The lowest BCUT2D eigenvalue weighted by Crippen LogP contribution is -2.05. The van der Waals surface area contributed by atoms with Gasteiger partial charge in [-0.05, 0) is 66.7 Å². The van der Waals surface area contributed by atoms with Crippen LogP contribution in [0.1, 0.15) is 0 Å². The van der Waals surface area contributed by atoms with Gasteiger partial charge in [-0.25, -0.2) is 13.6 Å². The maximum Gasteiger partial charge on any atom is 0.234 e. The number of fused-ring (bicyclic) bond motifs is 14. The third-order valence-corrected chi connectivity index (χ3v) is 13.9. The molecule has 0 atom stereocenters. The van der Waals surface area contributed by atoms with Gasteiger partial charge in [0.15, 0.2) is 0 Å². The Balaban J connectivity index is 1.22. The molecule has 0 bridgehead atoms. The fourth-order valence-electron chi connectivity index (χ4n) is 11.2. The Morgan fingerprint density at radius 2 is 0.691 bits per heavy atom. The summed E-state index contributed by atoms with van der Waals surface area (Å²) in [6, 6.07) is 70.2. The summed E-state index contributed by atoms with van der Waals surface area (Å²) in [7, 11) is 0. The Hall–Kier alpha value is -9.25. The van der Waals surface area contributed by atoms with E-state index in [9.17, 15) is 6.57 Å². The highest BCUT2D eigenvalue weighted by molar-refractivity contribution is 6.26. The van der Waals surface area contributed by atoms with Crippen molar-refractivity contribution < 1.29 is 8.78 Å². The average molecular weight is 876 g/mol. The molecule has 0 unspecified atom stereocenters. The maximum atomic E-state index is 16.6. The van der Waals surface area contributed by atoms with E-state index in [0.717, 1.165) is 98.6 Å². The number of hydrogen-bond donors (Lipinski definition) is 0. The molecule has 10 aromatic carbocycles. The predicted molar refractivity (Wildman–Crippen MR) is 275 cm³/mol. The van der Waals surface area contributed by atoms with Crippen molar-refractivity contribution in [2.24, 2.45) is 0 Å². The summed E-state index contributed by atoms with van der Waals surface area (Å²) in [5, 5.41) is 8.16. The number of halogens is 2. The quantitative estimate of drug-likeness (QED) is 0.154. The van der Waals surface area contributed by atoms with Gasteiger partial charge in [-0.2, -0.15) is 0 Å². The molecule has 68 heavy (non-hydrogen) atoms. The molecule has 0 N–H and O–H groups in total. The van der Waals surface area contributed by atoms with Crippen LogP contribution in [0.4, 0.5) is 14.5 Å². The van der Waals surface area contributed by atoms with E-state index in [2.05, 4.69) is 144 Å². The highest BCUT2D eigenvalue weighted by Crippen LogP contribution is 2.50. The summed E-state index contributed by atoms with van der Waals surface area (Å²) in [4.78, 5) is 4.51. The van der Waals surface area contributed by atoms with E-state index in [1.165, 1.54) is 18.2 Å². The lowest BCUT2D eigenvalue weighted by Gasteiger charge is -2.21. The number of rotatable bonds is 5. The number of hydrogen-bond acceptors (Lipinski definition) is 0. The van der Waals surface area contributed by atoms with Gasteiger partial charge >= 0.3 is 0 Å². The van der Waals surface area contributed by atoms with E-state index in [-0.39, 0.29) is 16.8 Å². The van der Waals surface area contributed by atoms with E-state index in [4.69, 9.17) is 0 Å². The standard InChI is InChI=1S/C61H35F2N5/c1-64-56-54(67-52-29-14-10-23-41(52)45-33-31-43-39-21-8-12-27-50(39)65(58(43)60(45)67)37-17-4-2-5-18-37)36-35-47(55-48(62)25-16-26-49(55)63)57(56)68-53-30-15-11-24-42(53)46-34-32-44-40-22-9-13-28-51(40)66(59(44)61(46)68)38-19-6-3-7-20-38/h2-36H. The van der Waals surface area contributed by atoms with Crippen LogP contribution in [0.2, 0.25) is 0 Å². The Kier molecular flexibility index (Phi) is 8.05. The first-order valence-electron chi connectivity index (χ1n) is 22.6. The molecule has 7 heteroatoms. The Bertz CT molecular complexity index is 4450. The minimum Gasteiger partial charge on any atom is -0.317 e.